The largest absolute Gasteiger partial charge is 0.468 e. The monoisotopic (exact) mass is 293 g/mol. The van der Waals surface area contributed by atoms with E-state index < -0.39 is 4.92 Å². The molecule has 1 aliphatic rings. The quantitative estimate of drug-likeness (QED) is 0.692. The number of nitrogens with zero attached hydrogens (tertiary/aromatic N) is 2. The summed E-state index contributed by atoms with van der Waals surface area (Å²) in [5, 5.41) is 14.7. The first-order chi connectivity index (χ1) is 9.72. The number of rotatable bonds is 4. The number of thiazole rings is 1. The third-order valence-electron chi connectivity index (χ3n) is 3.38. The van der Waals surface area contributed by atoms with Crippen LogP contribution in [-0.4, -0.2) is 29.1 Å². The molecule has 1 unspecified atom stereocenters. The minimum Gasteiger partial charge on any atom is -0.468 e. The average Bonchev–Trinajstić information content (AvgIpc) is 2.88. The number of nitrogens with one attached hydrogen (secondary N) is 1. The first-order valence-electron chi connectivity index (χ1n) is 6.63. The number of ether oxygens (including phenoxy) is 1. The predicted octanol–water partition coefficient (Wildman–Crippen LogP) is 2.73. The molecule has 2 aromatic rings. The molecule has 0 radical (unpaired) electrons. The number of benzene rings is 1. The highest BCUT2D eigenvalue weighted by atomic mass is 32.1. The lowest BCUT2D eigenvalue weighted by Gasteiger charge is -2.22. The van der Waals surface area contributed by atoms with Crippen LogP contribution >= 0.6 is 11.3 Å². The maximum absolute atomic E-state index is 10.7. The molecule has 0 saturated carbocycles. The minimum absolute atomic E-state index is 0.0586. The number of nitro benzene ring substituents is 1. The van der Waals surface area contributed by atoms with Crippen molar-refractivity contribution in [3.8, 4) is 5.19 Å². The predicted molar refractivity (Wildman–Crippen MR) is 77.4 cm³/mol. The van der Waals surface area contributed by atoms with E-state index in [4.69, 9.17) is 4.74 Å². The van der Waals surface area contributed by atoms with E-state index in [1.807, 2.05) is 0 Å². The Kier molecular flexibility index (Phi) is 3.79. The van der Waals surface area contributed by atoms with Crippen molar-refractivity contribution >= 4 is 27.2 Å². The summed E-state index contributed by atoms with van der Waals surface area (Å²) >= 11 is 1.42. The van der Waals surface area contributed by atoms with Crippen LogP contribution in [0.4, 0.5) is 5.69 Å². The lowest BCUT2D eigenvalue weighted by Crippen LogP contribution is -2.38. The third-order valence-corrected chi connectivity index (χ3v) is 4.33. The number of non-ortho nitro benzene ring substituents is 1. The van der Waals surface area contributed by atoms with Gasteiger partial charge < -0.3 is 10.1 Å². The molecule has 6 nitrogen and oxygen atoms in total. The molecular weight excluding hydrogens is 278 g/mol. The zero-order valence-corrected chi connectivity index (χ0v) is 11.7. The highest BCUT2D eigenvalue weighted by molar-refractivity contribution is 7.20. The molecule has 3 rings (SSSR count). The van der Waals surface area contributed by atoms with Gasteiger partial charge in [-0.15, -0.1) is 0 Å². The second-order valence-electron chi connectivity index (χ2n) is 4.85. The molecule has 0 aliphatic carbocycles. The maximum atomic E-state index is 10.7. The standard InChI is InChI=1S/C13H15N3O3S/c17-16(18)10-4-5-12-11(7-10)15-13(20-12)19-8-9-3-1-2-6-14-9/h4-5,7,9,14H,1-3,6,8H2. The Morgan fingerprint density at radius 1 is 1.50 bits per heavy atom. The maximum Gasteiger partial charge on any atom is 0.274 e. The van der Waals surface area contributed by atoms with Crippen LogP contribution in [0.2, 0.25) is 0 Å². The van der Waals surface area contributed by atoms with Gasteiger partial charge in [0.15, 0.2) is 0 Å². The summed E-state index contributed by atoms with van der Waals surface area (Å²) in [4.78, 5) is 14.6. The summed E-state index contributed by atoms with van der Waals surface area (Å²) in [7, 11) is 0. The summed E-state index contributed by atoms with van der Waals surface area (Å²) in [6.07, 6.45) is 3.57. The van der Waals surface area contributed by atoms with Gasteiger partial charge in [-0.05, 0) is 25.5 Å². The van der Waals surface area contributed by atoms with Gasteiger partial charge in [0.25, 0.3) is 10.9 Å². The van der Waals surface area contributed by atoms with Gasteiger partial charge >= 0.3 is 0 Å². The van der Waals surface area contributed by atoms with Crippen LogP contribution in [0.1, 0.15) is 19.3 Å². The van der Waals surface area contributed by atoms with Crippen molar-refractivity contribution in [1.29, 1.82) is 0 Å². The third kappa shape index (κ3) is 2.88. The van der Waals surface area contributed by atoms with Gasteiger partial charge in [0.1, 0.15) is 6.61 Å². The van der Waals surface area contributed by atoms with E-state index in [-0.39, 0.29) is 5.69 Å². The summed E-state index contributed by atoms with van der Waals surface area (Å²) in [5.74, 6) is 0. The van der Waals surface area contributed by atoms with Gasteiger partial charge in [-0.3, -0.25) is 10.1 Å². The van der Waals surface area contributed by atoms with E-state index in [9.17, 15) is 10.1 Å². The second kappa shape index (κ2) is 5.72. The zero-order chi connectivity index (χ0) is 13.9. The number of nitro groups is 1. The van der Waals surface area contributed by atoms with Crippen molar-refractivity contribution in [2.45, 2.75) is 25.3 Å². The molecule has 0 amide bonds. The van der Waals surface area contributed by atoms with Gasteiger partial charge in [-0.25, -0.2) is 4.98 Å². The van der Waals surface area contributed by atoms with Crippen LogP contribution < -0.4 is 10.1 Å². The Morgan fingerprint density at radius 2 is 2.40 bits per heavy atom. The van der Waals surface area contributed by atoms with E-state index in [1.165, 1.54) is 36.3 Å². The molecule has 2 heterocycles. The molecule has 20 heavy (non-hydrogen) atoms. The Bertz CT molecular complexity index is 622. The highest BCUT2D eigenvalue weighted by Gasteiger charge is 2.15. The van der Waals surface area contributed by atoms with E-state index in [0.717, 1.165) is 17.7 Å². The number of hydrogen-bond acceptors (Lipinski definition) is 6. The lowest BCUT2D eigenvalue weighted by molar-refractivity contribution is -0.384. The van der Waals surface area contributed by atoms with Crippen molar-refractivity contribution in [3.63, 3.8) is 0 Å². The SMILES string of the molecule is O=[N+]([O-])c1ccc2sc(OCC3CCCCN3)nc2c1. The van der Waals surface area contributed by atoms with Crippen LogP contribution in [0.25, 0.3) is 10.2 Å². The number of hydrogen-bond donors (Lipinski definition) is 1. The number of piperidine rings is 1. The highest BCUT2D eigenvalue weighted by Crippen LogP contribution is 2.30. The van der Waals surface area contributed by atoms with Crippen LogP contribution in [0, 0.1) is 10.1 Å². The van der Waals surface area contributed by atoms with Gasteiger partial charge in [0, 0.05) is 18.2 Å². The molecule has 1 fully saturated rings. The fourth-order valence-corrected chi connectivity index (χ4v) is 3.11. The van der Waals surface area contributed by atoms with Crippen molar-refractivity contribution in [2.24, 2.45) is 0 Å². The van der Waals surface area contributed by atoms with Crippen LogP contribution in [-0.2, 0) is 0 Å². The molecule has 1 aromatic carbocycles. The van der Waals surface area contributed by atoms with Gasteiger partial charge in [-0.2, -0.15) is 0 Å². The fraction of sp³-hybridized carbons (Fsp3) is 0.462. The Hall–Kier alpha value is -1.73. The molecule has 1 atom stereocenters. The molecular formula is C13H15N3O3S. The van der Waals surface area contributed by atoms with E-state index in [2.05, 4.69) is 10.3 Å². The fourth-order valence-electron chi connectivity index (χ4n) is 2.31. The second-order valence-corrected chi connectivity index (χ2v) is 5.84. The Morgan fingerprint density at radius 3 is 3.15 bits per heavy atom. The molecule has 0 bridgehead atoms. The van der Waals surface area contributed by atoms with E-state index >= 15 is 0 Å². The molecule has 1 saturated heterocycles. The molecule has 7 heteroatoms. The van der Waals surface area contributed by atoms with E-state index in [0.29, 0.717) is 23.4 Å². The van der Waals surface area contributed by atoms with Crippen molar-refractivity contribution in [2.75, 3.05) is 13.2 Å². The first-order valence-corrected chi connectivity index (χ1v) is 7.45. The van der Waals surface area contributed by atoms with Crippen LogP contribution in [0.3, 0.4) is 0 Å². The zero-order valence-electron chi connectivity index (χ0n) is 10.9. The van der Waals surface area contributed by atoms with E-state index in [1.54, 1.807) is 6.07 Å². The summed E-state index contributed by atoms with van der Waals surface area (Å²) < 4.78 is 6.61. The minimum atomic E-state index is -0.411. The lowest BCUT2D eigenvalue weighted by atomic mass is 10.1. The van der Waals surface area contributed by atoms with Gasteiger partial charge in [0.05, 0.1) is 15.1 Å². The van der Waals surface area contributed by atoms with Crippen molar-refractivity contribution in [1.82, 2.24) is 10.3 Å². The van der Waals surface area contributed by atoms with Crippen molar-refractivity contribution in [3.05, 3.63) is 28.3 Å². The molecule has 1 aromatic heterocycles. The summed E-state index contributed by atoms with van der Waals surface area (Å²) in [6, 6.07) is 5.08. The first kappa shape index (κ1) is 13.3. The van der Waals surface area contributed by atoms with Crippen LogP contribution in [0.15, 0.2) is 18.2 Å². The van der Waals surface area contributed by atoms with Gasteiger partial charge in [0.2, 0.25) is 0 Å². The molecule has 106 valence electrons. The average molecular weight is 293 g/mol. The van der Waals surface area contributed by atoms with Crippen LogP contribution in [0.5, 0.6) is 5.19 Å². The Balaban J connectivity index is 1.70. The molecule has 1 aliphatic heterocycles. The topological polar surface area (TPSA) is 77.3 Å². The van der Waals surface area contributed by atoms with Gasteiger partial charge in [-0.1, -0.05) is 17.8 Å². The smallest absolute Gasteiger partial charge is 0.274 e. The molecule has 0 spiro atoms. The normalized spacial score (nSPS) is 19.1. The van der Waals surface area contributed by atoms with Crippen molar-refractivity contribution < 1.29 is 9.66 Å². The number of fused-ring (bicyclic) bond motifs is 1. The Labute approximate surface area is 119 Å². The summed E-state index contributed by atoms with van der Waals surface area (Å²) in [6.45, 7) is 1.64. The molecule has 1 N–H and O–H groups in total. The summed E-state index contributed by atoms with van der Waals surface area (Å²) in [5.41, 5.74) is 0.680. The number of aromatic nitrogens is 1.